The Kier molecular flexibility index (Phi) is 7.52. The van der Waals surface area contributed by atoms with Crippen LogP contribution in [0, 0.1) is 13.8 Å². The summed E-state index contributed by atoms with van der Waals surface area (Å²) in [6.07, 6.45) is 1.58. The Hall–Kier alpha value is -4.50. The van der Waals surface area contributed by atoms with Gasteiger partial charge in [0.05, 0.1) is 6.04 Å². The molecule has 0 saturated heterocycles. The molecule has 0 amide bonds. The molecule has 0 spiro atoms. The van der Waals surface area contributed by atoms with Crippen LogP contribution in [0.4, 0.5) is 0 Å². The van der Waals surface area contributed by atoms with Gasteiger partial charge in [-0.15, -0.1) is 5.10 Å². The smallest absolute Gasteiger partial charge is 0.252 e. The van der Waals surface area contributed by atoms with Gasteiger partial charge in [-0.2, -0.15) is 0 Å². The van der Waals surface area contributed by atoms with Crippen LogP contribution in [0.1, 0.15) is 53.0 Å². The van der Waals surface area contributed by atoms with Gasteiger partial charge in [0.15, 0.2) is 17.3 Å². The van der Waals surface area contributed by atoms with Crippen molar-refractivity contribution in [1.82, 2.24) is 30.1 Å². The number of nitrogens with one attached hydrogen (secondary N) is 1. The fourth-order valence-corrected chi connectivity index (χ4v) is 5.70. The highest BCUT2D eigenvalue weighted by atomic mass is 16.7. The molecule has 3 heterocycles. The maximum atomic E-state index is 13.4. The molecule has 41 heavy (non-hydrogen) atoms. The van der Waals surface area contributed by atoms with Crippen molar-refractivity contribution in [2.75, 3.05) is 6.79 Å². The number of aromatic nitrogens is 5. The molecular formula is C32H34N6O3. The second-order valence-electron chi connectivity index (χ2n) is 10.7. The largest absolute Gasteiger partial charge is 0.454 e. The van der Waals surface area contributed by atoms with E-state index in [0.717, 1.165) is 57.8 Å². The van der Waals surface area contributed by atoms with Gasteiger partial charge in [0.2, 0.25) is 6.79 Å². The number of hydrogen-bond donors (Lipinski definition) is 1. The summed E-state index contributed by atoms with van der Waals surface area (Å²) in [6.45, 7) is 8.14. The first kappa shape index (κ1) is 26.7. The third-order valence-electron chi connectivity index (χ3n) is 7.73. The van der Waals surface area contributed by atoms with E-state index in [1.54, 1.807) is 0 Å². The first-order valence-electron chi connectivity index (χ1n) is 14.0. The zero-order valence-electron chi connectivity index (χ0n) is 23.6. The van der Waals surface area contributed by atoms with Gasteiger partial charge in [-0.1, -0.05) is 49.4 Å². The average Bonchev–Trinajstić information content (AvgIpc) is 3.63. The fourth-order valence-electron chi connectivity index (χ4n) is 5.70. The van der Waals surface area contributed by atoms with Crippen LogP contribution < -0.4 is 15.0 Å². The van der Waals surface area contributed by atoms with Crippen molar-refractivity contribution in [1.29, 1.82) is 0 Å². The summed E-state index contributed by atoms with van der Waals surface area (Å²) in [6, 6.07) is 22.4. The predicted octanol–water partition coefficient (Wildman–Crippen LogP) is 5.26. The van der Waals surface area contributed by atoms with E-state index < -0.39 is 0 Å². The molecule has 5 aromatic rings. The normalized spacial score (nSPS) is 13.3. The van der Waals surface area contributed by atoms with E-state index in [1.807, 2.05) is 60.1 Å². The van der Waals surface area contributed by atoms with Gasteiger partial charge in [0.25, 0.3) is 5.56 Å². The molecule has 0 saturated carbocycles. The number of tetrazole rings is 1. The minimum Gasteiger partial charge on any atom is -0.454 e. The van der Waals surface area contributed by atoms with E-state index >= 15 is 0 Å². The van der Waals surface area contributed by atoms with Crippen LogP contribution in [0.2, 0.25) is 0 Å². The number of rotatable bonds is 10. The third kappa shape index (κ3) is 5.71. The van der Waals surface area contributed by atoms with Gasteiger partial charge in [-0.25, -0.2) is 4.68 Å². The Balaban J connectivity index is 1.35. The van der Waals surface area contributed by atoms with Crippen molar-refractivity contribution < 1.29 is 9.47 Å². The van der Waals surface area contributed by atoms with Gasteiger partial charge < -0.3 is 14.5 Å². The molecular weight excluding hydrogens is 516 g/mol. The van der Waals surface area contributed by atoms with Crippen LogP contribution in [0.3, 0.4) is 0 Å². The van der Waals surface area contributed by atoms with Crippen LogP contribution >= 0.6 is 0 Å². The fraction of sp³-hybridized carbons (Fsp3) is 0.312. The van der Waals surface area contributed by atoms with Crippen LogP contribution in [0.5, 0.6) is 11.5 Å². The molecule has 2 aromatic heterocycles. The van der Waals surface area contributed by atoms with Crippen molar-refractivity contribution in [3.8, 4) is 11.5 Å². The molecule has 1 N–H and O–H groups in total. The van der Waals surface area contributed by atoms with Crippen molar-refractivity contribution >= 4 is 10.9 Å². The van der Waals surface area contributed by atoms with Crippen LogP contribution in [-0.4, -0.2) is 36.9 Å². The third-order valence-corrected chi connectivity index (χ3v) is 7.73. The summed E-state index contributed by atoms with van der Waals surface area (Å²) in [7, 11) is 0. The second kappa shape index (κ2) is 11.5. The number of fused-ring (bicyclic) bond motifs is 2. The number of H-pyrrole nitrogens is 1. The van der Waals surface area contributed by atoms with Gasteiger partial charge >= 0.3 is 0 Å². The summed E-state index contributed by atoms with van der Waals surface area (Å²) < 4.78 is 13.1. The lowest BCUT2D eigenvalue weighted by atomic mass is 10.0. The summed E-state index contributed by atoms with van der Waals surface area (Å²) in [4.78, 5) is 18.8. The molecule has 0 radical (unpaired) electrons. The van der Waals surface area contributed by atoms with E-state index in [4.69, 9.17) is 9.47 Å². The van der Waals surface area contributed by atoms with Crippen LogP contribution in [0.15, 0.2) is 71.5 Å². The predicted molar refractivity (Wildman–Crippen MR) is 157 cm³/mol. The molecule has 0 fully saturated rings. The Morgan fingerprint density at radius 1 is 0.976 bits per heavy atom. The van der Waals surface area contributed by atoms with Crippen molar-refractivity contribution in [2.24, 2.45) is 0 Å². The minimum absolute atomic E-state index is 0.0864. The molecule has 3 aromatic carbocycles. The highest BCUT2D eigenvalue weighted by molar-refractivity contribution is 5.83. The number of ether oxygens (including phenoxy) is 2. The number of hydrogen-bond acceptors (Lipinski definition) is 7. The maximum absolute atomic E-state index is 13.4. The molecule has 0 bridgehead atoms. The molecule has 9 heteroatoms. The number of nitrogens with zero attached hydrogens (tertiary/aromatic N) is 5. The topological polar surface area (TPSA) is 98.2 Å². The molecule has 1 atom stereocenters. The number of pyridine rings is 1. The van der Waals surface area contributed by atoms with Crippen molar-refractivity contribution in [2.45, 2.75) is 59.3 Å². The number of benzene rings is 3. The molecule has 1 aliphatic heterocycles. The van der Waals surface area contributed by atoms with Crippen LogP contribution in [-0.2, 0) is 26.1 Å². The standard InChI is InChI=1S/C32H34N6O3/c1-4-28(31-34-35-36-38(31)13-12-23-8-6-5-7-9-23)37(18-24-10-11-29-30(16-24)41-20-40-29)19-25-17-26-22(3)14-21(2)15-27(26)33-32(25)39/h5-11,14-17,28H,4,12-13,18-20H2,1-3H3,(H,33,39)/t28-/m1/s1. The second-order valence-corrected chi connectivity index (χ2v) is 10.7. The summed E-state index contributed by atoms with van der Waals surface area (Å²) >= 11 is 0. The van der Waals surface area contributed by atoms with Gasteiger partial charge in [-0.3, -0.25) is 9.69 Å². The van der Waals surface area contributed by atoms with Gasteiger partial charge in [0.1, 0.15) is 0 Å². The van der Waals surface area contributed by atoms with Crippen molar-refractivity contribution in [3.05, 3.63) is 111 Å². The SMILES string of the molecule is CC[C@H](c1nnnn1CCc1ccccc1)N(Cc1ccc2c(c1)OCO2)Cc1cc2c(C)cc(C)cc2[nH]c1=O. The Morgan fingerprint density at radius 3 is 2.63 bits per heavy atom. The van der Waals surface area contributed by atoms with E-state index in [0.29, 0.717) is 25.2 Å². The van der Waals surface area contributed by atoms with E-state index in [2.05, 4.69) is 57.5 Å². The maximum Gasteiger partial charge on any atom is 0.252 e. The lowest BCUT2D eigenvalue weighted by Gasteiger charge is -2.30. The van der Waals surface area contributed by atoms with Gasteiger partial charge in [-0.05, 0) is 83.6 Å². The zero-order chi connectivity index (χ0) is 28.3. The number of aryl methyl sites for hydroxylation is 4. The van der Waals surface area contributed by atoms with E-state index in [1.165, 1.54) is 5.56 Å². The summed E-state index contributed by atoms with van der Waals surface area (Å²) in [5.74, 6) is 2.26. The highest BCUT2D eigenvalue weighted by Gasteiger charge is 2.27. The van der Waals surface area contributed by atoms with Gasteiger partial charge in [0, 0.05) is 36.1 Å². The van der Waals surface area contributed by atoms with Crippen molar-refractivity contribution in [3.63, 3.8) is 0 Å². The molecule has 0 unspecified atom stereocenters. The Morgan fingerprint density at radius 2 is 1.80 bits per heavy atom. The first-order chi connectivity index (χ1) is 20.0. The Labute approximate surface area is 238 Å². The summed E-state index contributed by atoms with van der Waals surface area (Å²) in [5, 5.41) is 13.9. The summed E-state index contributed by atoms with van der Waals surface area (Å²) in [5.41, 5.74) is 6.01. The molecule has 1 aliphatic rings. The molecule has 210 valence electrons. The van der Waals surface area contributed by atoms with Crippen LogP contribution in [0.25, 0.3) is 10.9 Å². The quantitative estimate of drug-likeness (QED) is 0.253. The molecule has 9 nitrogen and oxygen atoms in total. The van der Waals surface area contributed by atoms with E-state index in [9.17, 15) is 4.79 Å². The minimum atomic E-state index is -0.125. The zero-order valence-corrected chi connectivity index (χ0v) is 23.6. The monoisotopic (exact) mass is 550 g/mol. The molecule has 6 rings (SSSR count). The highest BCUT2D eigenvalue weighted by Crippen LogP contribution is 2.34. The first-order valence-corrected chi connectivity index (χ1v) is 14.0. The van der Waals surface area contributed by atoms with E-state index in [-0.39, 0.29) is 18.4 Å². The molecule has 0 aliphatic carbocycles. The Bertz CT molecular complexity index is 1730. The lowest BCUT2D eigenvalue weighted by Crippen LogP contribution is -2.32. The number of aromatic amines is 1. The average molecular weight is 551 g/mol. The lowest BCUT2D eigenvalue weighted by molar-refractivity contribution is 0.160.